The van der Waals surface area contributed by atoms with Crippen molar-refractivity contribution in [2.24, 2.45) is 5.41 Å². The average molecular weight is 291 g/mol. The van der Waals surface area contributed by atoms with Crippen LogP contribution >= 0.6 is 0 Å². The molecule has 21 heavy (non-hydrogen) atoms. The molecule has 1 aromatic carbocycles. The molecule has 0 bridgehead atoms. The molecule has 2 amide bonds. The molecule has 2 saturated heterocycles. The van der Waals surface area contributed by atoms with Crippen LogP contribution in [0.2, 0.25) is 0 Å². The largest absolute Gasteiger partial charge is 0.324 e. The Morgan fingerprint density at radius 1 is 1.33 bits per heavy atom. The molecule has 1 spiro atoms. The zero-order valence-electron chi connectivity index (χ0n) is 12.2. The molecule has 2 fully saturated rings. The van der Waals surface area contributed by atoms with Crippen LogP contribution in [0.4, 0.5) is 14.9 Å². The van der Waals surface area contributed by atoms with Crippen molar-refractivity contribution >= 4 is 11.7 Å². The molecule has 2 N–H and O–H groups in total. The number of likely N-dealkylation sites (tertiary alicyclic amines) is 1. The lowest BCUT2D eigenvalue weighted by Gasteiger charge is -2.45. The Hall–Kier alpha value is -1.62. The Labute approximate surface area is 124 Å². The van der Waals surface area contributed by atoms with Crippen LogP contribution in [0.3, 0.4) is 0 Å². The maximum atomic E-state index is 13.2. The van der Waals surface area contributed by atoms with Gasteiger partial charge in [0.25, 0.3) is 0 Å². The van der Waals surface area contributed by atoms with Crippen LogP contribution in [0.1, 0.15) is 25.7 Å². The third kappa shape index (κ3) is 3.35. The second kappa shape index (κ2) is 6.02. The number of urea groups is 1. The van der Waals surface area contributed by atoms with Crippen LogP contribution < -0.4 is 10.6 Å². The third-order valence-corrected chi connectivity index (χ3v) is 4.59. The fraction of sp³-hybridized carbons (Fsp3) is 0.562. The summed E-state index contributed by atoms with van der Waals surface area (Å²) in [7, 11) is 0. The van der Waals surface area contributed by atoms with Crippen LogP contribution in [0.5, 0.6) is 0 Å². The number of anilines is 1. The lowest BCUT2D eigenvalue weighted by atomic mass is 9.74. The standard InChI is InChI=1S/C16H22FN3O/c17-13-4-1-5-14(10-13)19-15(21)20-9-3-7-16(12-20)6-2-8-18-11-16/h1,4-5,10,18H,2-3,6-9,11-12H2,(H,19,21). The molecule has 0 saturated carbocycles. The summed E-state index contributed by atoms with van der Waals surface area (Å²) in [5.74, 6) is -0.334. The minimum absolute atomic E-state index is 0.120. The van der Waals surface area contributed by atoms with E-state index in [-0.39, 0.29) is 17.3 Å². The minimum atomic E-state index is -0.334. The van der Waals surface area contributed by atoms with Gasteiger partial charge in [0, 0.05) is 30.7 Å². The van der Waals surface area contributed by atoms with Gasteiger partial charge in [-0.1, -0.05) is 6.07 Å². The SMILES string of the molecule is O=C(Nc1cccc(F)c1)N1CCCC2(CCCNC2)C1. The van der Waals surface area contributed by atoms with E-state index < -0.39 is 0 Å². The molecule has 1 unspecified atom stereocenters. The number of hydrogen-bond donors (Lipinski definition) is 2. The highest BCUT2D eigenvalue weighted by molar-refractivity contribution is 5.89. The van der Waals surface area contributed by atoms with E-state index in [4.69, 9.17) is 0 Å². The Balaban J connectivity index is 1.64. The third-order valence-electron chi connectivity index (χ3n) is 4.59. The normalized spacial score (nSPS) is 25.9. The summed E-state index contributed by atoms with van der Waals surface area (Å²) in [6.45, 7) is 3.65. The molecule has 1 aromatic rings. The van der Waals surface area contributed by atoms with Gasteiger partial charge in [0.05, 0.1) is 0 Å². The Morgan fingerprint density at radius 2 is 2.19 bits per heavy atom. The number of amides is 2. The molecule has 2 aliphatic rings. The smallest absolute Gasteiger partial charge is 0.321 e. The van der Waals surface area contributed by atoms with Gasteiger partial charge in [-0.2, -0.15) is 0 Å². The summed E-state index contributed by atoms with van der Waals surface area (Å²) in [6.07, 6.45) is 4.59. The van der Waals surface area contributed by atoms with Crippen LogP contribution in [-0.2, 0) is 0 Å². The highest BCUT2D eigenvalue weighted by atomic mass is 19.1. The van der Waals surface area contributed by atoms with Gasteiger partial charge in [-0.3, -0.25) is 0 Å². The Kier molecular flexibility index (Phi) is 4.10. The summed E-state index contributed by atoms with van der Waals surface area (Å²) in [4.78, 5) is 14.3. The number of halogens is 1. The first-order valence-electron chi connectivity index (χ1n) is 7.69. The topological polar surface area (TPSA) is 44.4 Å². The average Bonchev–Trinajstić information content (AvgIpc) is 2.48. The summed E-state index contributed by atoms with van der Waals surface area (Å²) < 4.78 is 13.2. The van der Waals surface area contributed by atoms with Gasteiger partial charge >= 0.3 is 6.03 Å². The van der Waals surface area contributed by atoms with Gasteiger partial charge in [-0.05, 0) is 50.4 Å². The predicted octanol–water partition coefficient (Wildman–Crippen LogP) is 2.82. The first kappa shape index (κ1) is 14.3. The zero-order valence-corrected chi connectivity index (χ0v) is 12.2. The fourth-order valence-electron chi connectivity index (χ4n) is 3.53. The molecule has 4 nitrogen and oxygen atoms in total. The molecule has 5 heteroatoms. The second-order valence-corrected chi connectivity index (χ2v) is 6.25. The number of rotatable bonds is 1. The van der Waals surface area contributed by atoms with Crippen molar-refractivity contribution < 1.29 is 9.18 Å². The van der Waals surface area contributed by atoms with Crippen LogP contribution in [0.25, 0.3) is 0 Å². The van der Waals surface area contributed by atoms with Crippen LogP contribution in [-0.4, -0.2) is 37.1 Å². The van der Waals surface area contributed by atoms with Crippen molar-refractivity contribution in [3.8, 4) is 0 Å². The molecule has 1 atom stereocenters. The van der Waals surface area contributed by atoms with Gasteiger partial charge in [0.15, 0.2) is 0 Å². The molecular formula is C16H22FN3O. The van der Waals surface area contributed by atoms with Gasteiger partial charge < -0.3 is 15.5 Å². The van der Waals surface area contributed by atoms with E-state index in [2.05, 4.69) is 10.6 Å². The van der Waals surface area contributed by atoms with Crippen molar-refractivity contribution in [3.05, 3.63) is 30.1 Å². The molecule has 2 aliphatic heterocycles. The minimum Gasteiger partial charge on any atom is -0.324 e. The maximum Gasteiger partial charge on any atom is 0.321 e. The number of piperidine rings is 2. The van der Waals surface area contributed by atoms with Gasteiger partial charge in [0.1, 0.15) is 5.82 Å². The van der Waals surface area contributed by atoms with E-state index in [9.17, 15) is 9.18 Å². The van der Waals surface area contributed by atoms with Crippen molar-refractivity contribution in [3.63, 3.8) is 0 Å². The van der Waals surface area contributed by atoms with Crippen molar-refractivity contribution in [1.29, 1.82) is 0 Å². The summed E-state index contributed by atoms with van der Waals surface area (Å²) >= 11 is 0. The van der Waals surface area contributed by atoms with Crippen molar-refractivity contribution in [1.82, 2.24) is 10.2 Å². The predicted molar refractivity (Wildman–Crippen MR) is 80.8 cm³/mol. The van der Waals surface area contributed by atoms with E-state index in [0.717, 1.165) is 32.6 Å². The molecular weight excluding hydrogens is 269 g/mol. The van der Waals surface area contributed by atoms with Crippen LogP contribution in [0.15, 0.2) is 24.3 Å². The van der Waals surface area contributed by atoms with E-state index in [1.165, 1.54) is 31.4 Å². The quantitative estimate of drug-likeness (QED) is 0.835. The molecule has 3 rings (SSSR count). The second-order valence-electron chi connectivity index (χ2n) is 6.25. The Bertz CT molecular complexity index is 508. The summed E-state index contributed by atoms with van der Waals surface area (Å²) in [5.41, 5.74) is 0.747. The number of nitrogens with zero attached hydrogens (tertiary/aromatic N) is 1. The number of hydrogen-bond acceptors (Lipinski definition) is 2. The van der Waals surface area contributed by atoms with Gasteiger partial charge in [-0.15, -0.1) is 0 Å². The number of nitrogens with one attached hydrogen (secondary N) is 2. The van der Waals surface area contributed by atoms with Crippen molar-refractivity contribution in [2.75, 3.05) is 31.5 Å². The lowest BCUT2D eigenvalue weighted by Crippen LogP contribution is -2.53. The lowest BCUT2D eigenvalue weighted by molar-refractivity contribution is 0.0861. The number of carbonyl (C=O) groups excluding carboxylic acids is 1. The molecule has 0 aliphatic carbocycles. The first-order valence-corrected chi connectivity index (χ1v) is 7.69. The molecule has 0 aromatic heterocycles. The molecule has 0 radical (unpaired) electrons. The summed E-state index contributed by atoms with van der Waals surface area (Å²) in [6, 6.07) is 5.92. The fourth-order valence-corrected chi connectivity index (χ4v) is 3.53. The molecule has 2 heterocycles. The van der Waals surface area contributed by atoms with Crippen molar-refractivity contribution in [2.45, 2.75) is 25.7 Å². The maximum absolute atomic E-state index is 13.2. The highest BCUT2D eigenvalue weighted by Crippen LogP contribution is 2.36. The Morgan fingerprint density at radius 3 is 2.95 bits per heavy atom. The monoisotopic (exact) mass is 291 g/mol. The summed E-state index contributed by atoms with van der Waals surface area (Å²) in [5, 5.41) is 6.25. The number of carbonyl (C=O) groups is 1. The van der Waals surface area contributed by atoms with E-state index in [1.54, 1.807) is 12.1 Å². The van der Waals surface area contributed by atoms with E-state index >= 15 is 0 Å². The molecule has 114 valence electrons. The van der Waals surface area contributed by atoms with Crippen LogP contribution in [0, 0.1) is 11.2 Å². The zero-order chi connectivity index (χ0) is 14.7. The number of benzene rings is 1. The van der Waals surface area contributed by atoms with E-state index in [1.807, 2.05) is 4.90 Å². The highest BCUT2D eigenvalue weighted by Gasteiger charge is 2.37. The van der Waals surface area contributed by atoms with Gasteiger partial charge in [0.2, 0.25) is 0 Å². The van der Waals surface area contributed by atoms with E-state index in [0.29, 0.717) is 5.69 Å². The first-order chi connectivity index (χ1) is 10.2. The van der Waals surface area contributed by atoms with Gasteiger partial charge in [-0.25, -0.2) is 9.18 Å².